The smallest absolute Gasteiger partial charge is 0.308 e. The molecule has 7 nitrogen and oxygen atoms in total. The van der Waals surface area contributed by atoms with Crippen LogP contribution in [0, 0.1) is 0 Å². The molecule has 2 atom stereocenters. The molecule has 0 unspecified atom stereocenters. The Morgan fingerprint density at radius 2 is 2.14 bits per heavy atom. The van der Waals surface area contributed by atoms with Crippen molar-refractivity contribution < 1.29 is 29.0 Å². The van der Waals surface area contributed by atoms with Gasteiger partial charge in [0.15, 0.2) is 5.78 Å². The lowest BCUT2D eigenvalue weighted by molar-refractivity contribution is -0.145. The van der Waals surface area contributed by atoms with E-state index in [0.29, 0.717) is 18.4 Å². The van der Waals surface area contributed by atoms with Crippen molar-refractivity contribution in [3.8, 4) is 5.75 Å². The molecule has 28 heavy (non-hydrogen) atoms. The van der Waals surface area contributed by atoms with Crippen LogP contribution in [0.15, 0.2) is 17.8 Å². The molecule has 0 aromatic heterocycles. The van der Waals surface area contributed by atoms with Gasteiger partial charge in [0.25, 0.3) is 0 Å². The monoisotopic (exact) mass is 387 g/mol. The Balaban J connectivity index is 2.08. The summed E-state index contributed by atoms with van der Waals surface area (Å²) in [7, 11) is 2.90. The lowest BCUT2D eigenvalue weighted by Crippen LogP contribution is -2.31. The highest BCUT2D eigenvalue weighted by Gasteiger charge is 2.37. The lowest BCUT2D eigenvalue weighted by Gasteiger charge is -2.34. The predicted molar refractivity (Wildman–Crippen MR) is 101 cm³/mol. The first kappa shape index (κ1) is 20.1. The number of nitrogens with one attached hydrogen (secondary N) is 1. The van der Waals surface area contributed by atoms with Gasteiger partial charge < -0.3 is 19.9 Å². The Labute approximate surface area is 163 Å². The standard InChI is InChI=1S/C21H25NO6/c1-4-5-6-16-18-11(7-12(28-16)9-17(24)27-3)8-13-19(21(18)26)15(23)10-14(22-2)20(13)25/h8,10,12,16,22,26H,4-7,9H2,1-3H3/t12-,16-/m0/s1. The van der Waals surface area contributed by atoms with Gasteiger partial charge in [-0.15, -0.1) is 0 Å². The predicted octanol–water partition coefficient (Wildman–Crippen LogP) is 2.61. The van der Waals surface area contributed by atoms with Crippen LogP contribution in [0.25, 0.3) is 0 Å². The Hall–Kier alpha value is -2.67. The third-order valence-electron chi connectivity index (χ3n) is 5.27. The Morgan fingerprint density at radius 3 is 2.79 bits per heavy atom. The molecular weight excluding hydrogens is 362 g/mol. The summed E-state index contributed by atoms with van der Waals surface area (Å²) in [6, 6.07) is 1.67. The molecule has 0 saturated carbocycles. The average molecular weight is 387 g/mol. The fraction of sp³-hybridized carbons (Fsp3) is 0.476. The van der Waals surface area contributed by atoms with Gasteiger partial charge in [0.05, 0.1) is 37.0 Å². The highest BCUT2D eigenvalue weighted by molar-refractivity contribution is 6.25. The molecule has 0 amide bonds. The number of phenols is 1. The zero-order chi connectivity index (χ0) is 20.4. The maximum atomic E-state index is 12.7. The van der Waals surface area contributed by atoms with Gasteiger partial charge in [-0.1, -0.05) is 19.8 Å². The van der Waals surface area contributed by atoms with Crippen molar-refractivity contribution >= 4 is 17.5 Å². The van der Waals surface area contributed by atoms with Crippen molar-refractivity contribution in [3.63, 3.8) is 0 Å². The fourth-order valence-corrected chi connectivity index (χ4v) is 3.88. The largest absolute Gasteiger partial charge is 0.507 e. The number of ketones is 2. The number of fused-ring (bicyclic) bond motifs is 2. The number of benzene rings is 1. The first-order valence-electron chi connectivity index (χ1n) is 9.50. The molecule has 1 aliphatic carbocycles. The van der Waals surface area contributed by atoms with E-state index in [1.807, 2.05) is 0 Å². The third-order valence-corrected chi connectivity index (χ3v) is 5.27. The van der Waals surface area contributed by atoms with E-state index in [0.717, 1.165) is 18.4 Å². The molecule has 1 aliphatic heterocycles. The van der Waals surface area contributed by atoms with E-state index in [1.165, 1.54) is 13.2 Å². The number of methoxy groups -OCH3 is 1. The van der Waals surface area contributed by atoms with Crippen molar-refractivity contribution in [3.05, 3.63) is 40.1 Å². The summed E-state index contributed by atoms with van der Waals surface area (Å²) in [5.41, 5.74) is 1.68. The number of ether oxygens (including phenoxy) is 2. The zero-order valence-corrected chi connectivity index (χ0v) is 16.3. The fourth-order valence-electron chi connectivity index (χ4n) is 3.88. The number of esters is 1. The van der Waals surface area contributed by atoms with Crippen molar-refractivity contribution in [1.29, 1.82) is 0 Å². The molecule has 3 rings (SSSR count). The van der Waals surface area contributed by atoms with Gasteiger partial charge in [0.1, 0.15) is 5.75 Å². The summed E-state index contributed by atoms with van der Waals surface area (Å²) in [4.78, 5) is 37.0. The van der Waals surface area contributed by atoms with Crippen molar-refractivity contribution in [1.82, 2.24) is 5.32 Å². The van der Waals surface area contributed by atoms with Gasteiger partial charge in [-0.05, 0) is 24.5 Å². The number of likely N-dealkylation sites (N-methyl/N-ethyl adjacent to an activating group) is 1. The molecule has 1 heterocycles. The third kappa shape index (κ3) is 3.54. The van der Waals surface area contributed by atoms with Crippen LogP contribution in [0.5, 0.6) is 5.75 Å². The molecule has 0 fully saturated rings. The van der Waals surface area contributed by atoms with Crippen LogP contribution in [0.4, 0.5) is 0 Å². The molecular formula is C21H25NO6. The number of carbonyl (C=O) groups excluding carboxylic acids is 3. The molecule has 2 aliphatic rings. The normalized spacial score (nSPS) is 20.9. The molecule has 1 aromatic carbocycles. The Kier molecular flexibility index (Phi) is 5.84. The molecule has 2 N–H and O–H groups in total. The van der Waals surface area contributed by atoms with Gasteiger partial charge in [-0.25, -0.2) is 0 Å². The number of hydrogen-bond donors (Lipinski definition) is 2. The second-order valence-corrected chi connectivity index (χ2v) is 7.10. The molecule has 7 heteroatoms. The first-order valence-corrected chi connectivity index (χ1v) is 9.50. The van der Waals surface area contributed by atoms with Gasteiger partial charge in [0.2, 0.25) is 5.78 Å². The van der Waals surface area contributed by atoms with E-state index < -0.39 is 18.0 Å². The molecule has 0 spiro atoms. The van der Waals surface area contributed by atoms with E-state index in [9.17, 15) is 19.5 Å². The number of aromatic hydroxyl groups is 1. The van der Waals surface area contributed by atoms with Gasteiger partial charge in [-0.2, -0.15) is 0 Å². The number of carbonyl (C=O) groups is 3. The minimum Gasteiger partial charge on any atom is -0.507 e. The summed E-state index contributed by atoms with van der Waals surface area (Å²) in [6.45, 7) is 2.05. The summed E-state index contributed by atoms with van der Waals surface area (Å²) in [5.74, 6) is -1.31. The quantitative estimate of drug-likeness (QED) is 0.724. The van der Waals surface area contributed by atoms with Crippen LogP contribution < -0.4 is 5.32 Å². The minimum atomic E-state index is -0.443. The molecule has 1 aromatic rings. The summed E-state index contributed by atoms with van der Waals surface area (Å²) >= 11 is 0. The average Bonchev–Trinajstić information content (AvgIpc) is 2.68. The lowest BCUT2D eigenvalue weighted by atomic mass is 9.82. The maximum absolute atomic E-state index is 12.7. The summed E-state index contributed by atoms with van der Waals surface area (Å²) in [5, 5.41) is 13.6. The molecule has 0 radical (unpaired) electrons. The van der Waals surface area contributed by atoms with Crippen molar-refractivity contribution in [2.24, 2.45) is 0 Å². The summed E-state index contributed by atoms with van der Waals surface area (Å²) < 4.78 is 10.8. The van der Waals surface area contributed by atoms with Crippen molar-refractivity contribution in [2.75, 3.05) is 14.2 Å². The second kappa shape index (κ2) is 8.14. The molecule has 0 bridgehead atoms. The highest BCUT2D eigenvalue weighted by atomic mass is 16.5. The highest BCUT2D eigenvalue weighted by Crippen LogP contribution is 2.44. The van der Waals surface area contributed by atoms with Gasteiger partial charge in [-0.3, -0.25) is 14.4 Å². The van der Waals surface area contributed by atoms with Crippen LogP contribution >= 0.6 is 0 Å². The zero-order valence-electron chi connectivity index (χ0n) is 16.3. The van der Waals surface area contributed by atoms with E-state index >= 15 is 0 Å². The van der Waals surface area contributed by atoms with Crippen molar-refractivity contribution in [2.45, 2.75) is 51.2 Å². The number of allylic oxidation sites excluding steroid dienone is 2. The van der Waals surface area contributed by atoms with E-state index in [-0.39, 0.29) is 40.7 Å². The van der Waals surface area contributed by atoms with E-state index in [1.54, 1.807) is 13.1 Å². The molecule has 0 saturated heterocycles. The number of phenolic OH excluding ortho intramolecular Hbond substituents is 1. The number of Topliss-reactive ketones (excluding diaryl/α,β-unsaturated/α-hetero) is 1. The first-order chi connectivity index (χ1) is 13.4. The van der Waals surface area contributed by atoms with Crippen LogP contribution in [-0.4, -0.2) is 42.9 Å². The Morgan fingerprint density at radius 1 is 1.39 bits per heavy atom. The maximum Gasteiger partial charge on any atom is 0.308 e. The number of unbranched alkanes of at least 4 members (excludes halogenated alkanes) is 1. The van der Waals surface area contributed by atoms with E-state index in [2.05, 4.69) is 12.2 Å². The topological polar surface area (TPSA) is 102 Å². The number of hydrogen-bond acceptors (Lipinski definition) is 7. The SMILES string of the molecule is CCCC[C@@H]1O[C@H](CC(=O)OC)Cc2cc3c(c(O)c21)C(=O)C=C(NC)C3=O. The van der Waals surface area contributed by atoms with Crippen LogP contribution in [0.1, 0.15) is 70.6 Å². The van der Waals surface area contributed by atoms with Crippen LogP contribution in [-0.2, 0) is 20.7 Å². The van der Waals surface area contributed by atoms with Gasteiger partial charge in [0, 0.05) is 24.3 Å². The Bertz CT molecular complexity index is 857. The van der Waals surface area contributed by atoms with Crippen LogP contribution in [0.2, 0.25) is 0 Å². The molecule has 150 valence electrons. The number of rotatable bonds is 6. The summed E-state index contributed by atoms with van der Waals surface area (Å²) in [6.07, 6.45) is 3.25. The minimum absolute atomic E-state index is 0.0271. The van der Waals surface area contributed by atoms with E-state index in [4.69, 9.17) is 9.47 Å². The second-order valence-electron chi connectivity index (χ2n) is 7.10. The van der Waals surface area contributed by atoms with Gasteiger partial charge >= 0.3 is 5.97 Å². The van der Waals surface area contributed by atoms with Crippen LogP contribution in [0.3, 0.4) is 0 Å².